The number of carbonyl (C=O) groups excluding carboxylic acids is 1. The number of carbonyl (C=O) groups is 1. The fourth-order valence-electron chi connectivity index (χ4n) is 3.82. The molecule has 0 unspecified atom stereocenters. The summed E-state index contributed by atoms with van der Waals surface area (Å²) in [7, 11) is -7.67. The van der Waals surface area contributed by atoms with Crippen LogP contribution < -0.4 is 10.0 Å². The molecule has 0 atom stereocenters. The summed E-state index contributed by atoms with van der Waals surface area (Å²) in [6.07, 6.45) is 0. The van der Waals surface area contributed by atoms with Gasteiger partial charge in [-0.1, -0.05) is 29.3 Å². The van der Waals surface area contributed by atoms with Crippen molar-refractivity contribution < 1.29 is 26.4 Å². The highest BCUT2D eigenvalue weighted by atomic mass is 35.5. The third-order valence-corrected chi connectivity index (χ3v) is 9.44. The number of nitrogens with one attached hydrogen (secondary N) is 2. The zero-order chi connectivity index (χ0) is 26.8. The van der Waals surface area contributed by atoms with Crippen molar-refractivity contribution in [3.05, 3.63) is 82.4 Å². The molecule has 1 aliphatic heterocycles. The molecule has 9 nitrogen and oxygen atoms in total. The molecule has 0 aliphatic carbocycles. The van der Waals surface area contributed by atoms with E-state index < -0.39 is 26.0 Å². The summed E-state index contributed by atoms with van der Waals surface area (Å²) >= 11 is 6.20. The van der Waals surface area contributed by atoms with Crippen LogP contribution in [0.25, 0.3) is 0 Å². The van der Waals surface area contributed by atoms with Crippen molar-refractivity contribution in [2.24, 2.45) is 0 Å². The summed E-state index contributed by atoms with van der Waals surface area (Å²) in [4.78, 5) is 12.9. The minimum absolute atomic E-state index is 0.0158. The zero-order valence-corrected chi connectivity index (χ0v) is 22.6. The average Bonchev–Trinajstić information content (AvgIpc) is 2.86. The summed E-state index contributed by atoms with van der Waals surface area (Å²) in [6, 6.07) is 14.9. The minimum atomic E-state index is -3.85. The van der Waals surface area contributed by atoms with Crippen LogP contribution in [0.5, 0.6) is 0 Å². The first-order chi connectivity index (χ1) is 17.5. The molecule has 1 amide bonds. The van der Waals surface area contributed by atoms with Gasteiger partial charge in [-0.3, -0.25) is 9.52 Å². The van der Waals surface area contributed by atoms with Crippen LogP contribution in [-0.4, -0.2) is 53.4 Å². The van der Waals surface area contributed by atoms with Crippen LogP contribution in [0.4, 0.5) is 11.4 Å². The monoisotopic (exact) mass is 563 g/mol. The number of rotatable bonds is 7. The molecule has 1 heterocycles. The Morgan fingerprint density at radius 2 is 1.54 bits per heavy atom. The Hall–Kier alpha value is -2.96. The second-order valence-corrected chi connectivity index (χ2v) is 12.6. The number of nitrogens with zero attached hydrogens (tertiary/aromatic N) is 1. The molecule has 4 rings (SSSR count). The van der Waals surface area contributed by atoms with Crippen molar-refractivity contribution >= 4 is 48.9 Å². The van der Waals surface area contributed by atoms with Gasteiger partial charge in [0.1, 0.15) is 0 Å². The number of amides is 1. The fourth-order valence-corrected chi connectivity index (χ4v) is 6.59. The number of hydrogen-bond acceptors (Lipinski definition) is 6. The normalized spacial score (nSPS) is 14.8. The topological polar surface area (TPSA) is 122 Å². The van der Waals surface area contributed by atoms with Gasteiger partial charge >= 0.3 is 0 Å². The highest BCUT2D eigenvalue weighted by molar-refractivity contribution is 7.92. The number of anilines is 2. The average molecular weight is 564 g/mol. The molecule has 0 spiro atoms. The molecule has 0 aromatic heterocycles. The van der Waals surface area contributed by atoms with Crippen molar-refractivity contribution in [2.75, 3.05) is 36.3 Å². The molecule has 2 N–H and O–H groups in total. The Labute approximate surface area is 221 Å². The van der Waals surface area contributed by atoms with Crippen LogP contribution in [0.3, 0.4) is 0 Å². The molecule has 0 saturated carbocycles. The lowest BCUT2D eigenvalue weighted by Crippen LogP contribution is -2.40. The maximum absolute atomic E-state index is 13.0. The van der Waals surface area contributed by atoms with Gasteiger partial charge in [-0.15, -0.1) is 0 Å². The Bertz CT molecular complexity index is 1540. The second kappa shape index (κ2) is 10.8. The highest BCUT2D eigenvalue weighted by Gasteiger charge is 2.27. The van der Waals surface area contributed by atoms with Crippen molar-refractivity contribution in [1.29, 1.82) is 0 Å². The predicted molar refractivity (Wildman–Crippen MR) is 142 cm³/mol. The third-order valence-electron chi connectivity index (χ3n) is 5.84. The lowest BCUT2D eigenvalue weighted by atomic mass is 10.1. The molecule has 1 fully saturated rings. The van der Waals surface area contributed by atoms with E-state index in [0.29, 0.717) is 24.6 Å². The summed E-state index contributed by atoms with van der Waals surface area (Å²) in [5, 5.41) is 2.71. The Morgan fingerprint density at radius 3 is 2.19 bits per heavy atom. The minimum Gasteiger partial charge on any atom is -0.379 e. The van der Waals surface area contributed by atoms with Gasteiger partial charge in [0, 0.05) is 18.8 Å². The molecule has 12 heteroatoms. The first-order valence-corrected chi connectivity index (χ1v) is 14.7. The van der Waals surface area contributed by atoms with Crippen LogP contribution in [0.1, 0.15) is 21.5 Å². The van der Waals surface area contributed by atoms with Crippen molar-refractivity contribution in [3.63, 3.8) is 0 Å². The van der Waals surface area contributed by atoms with E-state index in [4.69, 9.17) is 16.3 Å². The molecule has 1 aliphatic rings. The Morgan fingerprint density at radius 1 is 0.892 bits per heavy atom. The number of sulfonamides is 2. The summed E-state index contributed by atoms with van der Waals surface area (Å²) < 4.78 is 60.6. The van der Waals surface area contributed by atoms with Gasteiger partial charge in [0.05, 0.1) is 39.3 Å². The molecule has 3 aromatic rings. The smallest absolute Gasteiger partial charge is 0.261 e. The largest absolute Gasteiger partial charge is 0.379 e. The van der Waals surface area contributed by atoms with E-state index in [9.17, 15) is 21.6 Å². The molecular weight excluding hydrogens is 538 g/mol. The Balaban J connectivity index is 1.50. The molecule has 37 heavy (non-hydrogen) atoms. The highest BCUT2D eigenvalue weighted by Crippen LogP contribution is 2.26. The number of ether oxygens (including phenoxy) is 1. The van der Waals surface area contributed by atoms with Crippen LogP contribution in [0, 0.1) is 13.8 Å². The first kappa shape index (κ1) is 27.1. The second-order valence-electron chi connectivity index (χ2n) is 8.56. The van der Waals surface area contributed by atoms with Gasteiger partial charge in [-0.05, 0) is 67.9 Å². The van der Waals surface area contributed by atoms with Crippen LogP contribution >= 0.6 is 11.6 Å². The molecular formula is C25H26ClN3O6S2. The lowest BCUT2D eigenvalue weighted by molar-refractivity contribution is 0.0730. The third kappa shape index (κ3) is 6.13. The number of aryl methyl sites for hydroxylation is 2. The van der Waals surface area contributed by atoms with Crippen LogP contribution in [0.2, 0.25) is 5.02 Å². The number of benzene rings is 3. The van der Waals surface area contributed by atoms with Gasteiger partial charge < -0.3 is 10.1 Å². The van der Waals surface area contributed by atoms with E-state index in [1.165, 1.54) is 46.8 Å². The van der Waals surface area contributed by atoms with Gasteiger partial charge in [0.25, 0.3) is 15.9 Å². The summed E-state index contributed by atoms with van der Waals surface area (Å²) in [5.41, 5.74) is 2.58. The van der Waals surface area contributed by atoms with Crippen molar-refractivity contribution in [1.82, 2.24) is 4.31 Å². The number of halogens is 1. The van der Waals surface area contributed by atoms with E-state index in [-0.39, 0.29) is 33.5 Å². The van der Waals surface area contributed by atoms with Crippen LogP contribution in [-0.2, 0) is 24.8 Å². The fraction of sp³-hybridized carbons (Fsp3) is 0.240. The van der Waals surface area contributed by atoms with E-state index in [1.807, 2.05) is 26.0 Å². The Kier molecular flexibility index (Phi) is 7.91. The van der Waals surface area contributed by atoms with E-state index in [0.717, 1.165) is 11.1 Å². The first-order valence-electron chi connectivity index (χ1n) is 11.4. The standard InChI is InChI=1S/C25H26ClN3O6S2/c1-17-3-10-24(18(2)15-17)28-36(31,32)20-6-4-19(5-7-20)27-25(30)22-16-21(8-9-23(22)26)37(33,34)29-11-13-35-14-12-29/h3-10,15-16,28H,11-14H2,1-2H3,(H,27,30). The van der Waals surface area contributed by atoms with Gasteiger partial charge in [0.2, 0.25) is 10.0 Å². The molecule has 3 aromatic carbocycles. The van der Waals surface area contributed by atoms with Gasteiger partial charge in [0.15, 0.2) is 0 Å². The summed E-state index contributed by atoms with van der Waals surface area (Å²) in [6.45, 7) is 4.78. The maximum atomic E-state index is 13.0. The lowest BCUT2D eigenvalue weighted by Gasteiger charge is -2.26. The van der Waals surface area contributed by atoms with E-state index in [1.54, 1.807) is 6.07 Å². The quantitative estimate of drug-likeness (QED) is 0.447. The predicted octanol–water partition coefficient (Wildman–Crippen LogP) is 4.03. The molecule has 0 radical (unpaired) electrons. The van der Waals surface area contributed by atoms with Gasteiger partial charge in [-0.25, -0.2) is 16.8 Å². The number of morpholine rings is 1. The SMILES string of the molecule is Cc1ccc(NS(=O)(=O)c2ccc(NC(=O)c3cc(S(=O)(=O)N4CCOCC4)ccc3Cl)cc2)c(C)c1. The summed E-state index contributed by atoms with van der Waals surface area (Å²) in [5.74, 6) is -0.631. The van der Waals surface area contributed by atoms with Gasteiger partial charge in [-0.2, -0.15) is 4.31 Å². The number of hydrogen-bond donors (Lipinski definition) is 2. The van der Waals surface area contributed by atoms with E-state index in [2.05, 4.69) is 10.0 Å². The maximum Gasteiger partial charge on any atom is 0.261 e. The molecule has 196 valence electrons. The molecule has 1 saturated heterocycles. The zero-order valence-electron chi connectivity index (χ0n) is 20.2. The van der Waals surface area contributed by atoms with Crippen LogP contribution in [0.15, 0.2) is 70.5 Å². The van der Waals surface area contributed by atoms with Crippen molar-refractivity contribution in [3.8, 4) is 0 Å². The molecule has 0 bridgehead atoms. The van der Waals surface area contributed by atoms with Crippen molar-refractivity contribution in [2.45, 2.75) is 23.6 Å². The van der Waals surface area contributed by atoms with E-state index >= 15 is 0 Å².